The van der Waals surface area contributed by atoms with Gasteiger partial charge in [0.25, 0.3) is 10.0 Å². The first-order valence-corrected chi connectivity index (χ1v) is 13.5. The van der Waals surface area contributed by atoms with E-state index in [2.05, 4.69) is 15.5 Å². The molecule has 4 rings (SSSR count). The van der Waals surface area contributed by atoms with Crippen molar-refractivity contribution >= 4 is 38.1 Å². The summed E-state index contributed by atoms with van der Waals surface area (Å²) >= 11 is 1.22. The number of carbonyl (C=O) groups is 1. The highest BCUT2D eigenvalue weighted by Gasteiger charge is 2.27. The summed E-state index contributed by atoms with van der Waals surface area (Å²) in [4.78, 5) is 13.0. The van der Waals surface area contributed by atoms with Crippen molar-refractivity contribution in [2.45, 2.75) is 25.7 Å². The average molecular weight is 523 g/mol. The largest absolute Gasteiger partial charge is 0.494 e. The van der Waals surface area contributed by atoms with Crippen LogP contribution in [0.25, 0.3) is 10.6 Å². The van der Waals surface area contributed by atoms with Crippen molar-refractivity contribution in [1.29, 1.82) is 0 Å². The first-order chi connectivity index (χ1) is 17.3. The fourth-order valence-electron chi connectivity index (χ4n) is 3.40. The van der Waals surface area contributed by atoms with E-state index in [1.165, 1.54) is 23.5 Å². The third kappa shape index (κ3) is 5.89. The molecule has 0 radical (unpaired) electrons. The number of aryl methyl sites for hydroxylation is 2. The number of hydrogen-bond acceptors (Lipinski definition) is 7. The van der Waals surface area contributed by atoms with Gasteiger partial charge in [0.1, 0.15) is 17.3 Å². The Morgan fingerprint density at radius 2 is 1.53 bits per heavy atom. The number of sulfonamides is 1. The van der Waals surface area contributed by atoms with Gasteiger partial charge in [-0.2, -0.15) is 0 Å². The van der Waals surface area contributed by atoms with Crippen LogP contribution in [0.15, 0.2) is 77.7 Å². The van der Waals surface area contributed by atoms with E-state index >= 15 is 0 Å². The summed E-state index contributed by atoms with van der Waals surface area (Å²) in [6.45, 7) is 5.79. The SMILES string of the molecule is CCOc1ccc(S(=O)(=O)N(CC(=O)Nc2nnc(-c3ccc(C)cc3)s2)c2ccc(C)cc2)cc1. The maximum atomic E-state index is 13.6. The minimum absolute atomic E-state index is 0.0527. The smallest absolute Gasteiger partial charge is 0.264 e. The number of anilines is 2. The van der Waals surface area contributed by atoms with Gasteiger partial charge in [0, 0.05) is 5.56 Å². The molecule has 0 atom stereocenters. The predicted molar refractivity (Wildman–Crippen MR) is 142 cm³/mol. The molecule has 0 spiro atoms. The van der Waals surface area contributed by atoms with Gasteiger partial charge in [-0.3, -0.25) is 14.4 Å². The lowest BCUT2D eigenvalue weighted by atomic mass is 10.2. The number of rotatable bonds is 9. The third-order valence-corrected chi connectivity index (χ3v) is 7.98. The molecule has 0 bridgehead atoms. The van der Waals surface area contributed by atoms with Gasteiger partial charge in [-0.25, -0.2) is 8.42 Å². The van der Waals surface area contributed by atoms with Crippen molar-refractivity contribution in [3.8, 4) is 16.3 Å². The highest BCUT2D eigenvalue weighted by Crippen LogP contribution is 2.28. The molecule has 3 aromatic carbocycles. The molecule has 0 aliphatic carbocycles. The van der Waals surface area contributed by atoms with E-state index in [1.807, 2.05) is 45.0 Å². The van der Waals surface area contributed by atoms with Gasteiger partial charge < -0.3 is 4.74 Å². The van der Waals surface area contributed by atoms with E-state index in [4.69, 9.17) is 4.74 Å². The summed E-state index contributed by atoms with van der Waals surface area (Å²) in [5.41, 5.74) is 3.36. The summed E-state index contributed by atoms with van der Waals surface area (Å²) in [6, 6.07) is 20.9. The Hall–Kier alpha value is -3.76. The minimum Gasteiger partial charge on any atom is -0.494 e. The first-order valence-electron chi connectivity index (χ1n) is 11.3. The van der Waals surface area contributed by atoms with Crippen molar-refractivity contribution in [2.24, 2.45) is 0 Å². The Kier molecular flexibility index (Phi) is 7.66. The summed E-state index contributed by atoms with van der Waals surface area (Å²) < 4.78 is 33.6. The zero-order chi connectivity index (χ0) is 25.7. The number of nitrogens with zero attached hydrogens (tertiary/aromatic N) is 3. The summed E-state index contributed by atoms with van der Waals surface area (Å²) in [5.74, 6) is 0.0356. The zero-order valence-electron chi connectivity index (χ0n) is 20.1. The molecule has 186 valence electrons. The summed E-state index contributed by atoms with van der Waals surface area (Å²) in [5, 5.41) is 11.8. The lowest BCUT2D eigenvalue weighted by molar-refractivity contribution is -0.114. The summed E-state index contributed by atoms with van der Waals surface area (Å²) in [7, 11) is -4.04. The Morgan fingerprint density at radius 1 is 0.917 bits per heavy atom. The average Bonchev–Trinajstić information content (AvgIpc) is 3.32. The Balaban J connectivity index is 1.57. The normalized spacial score (nSPS) is 11.2. The van der Waals surface area contributed by atoms with Gasteiger partial charge in [0.05, 0.1) is 17.2 Å². The van der Waals surface area contributed by atoms with Crippen molar-refractivity contribution in [3.63, 3.8) is 0 Å². The number of aromatic nitrogens is 2. The molecule has 1 N–H and O–H groups in total. The van der Waals surface area contributed by atoms with E-state index in [-0.39, 0.29) is 10.0 Å². The van der Waals surface area contributed by atoms with Gasteiger partial charge in [-0.15, -0.1) is 10.2 Å². The van der Waals surface area contributed by atoms with Crippen LogP contribution >= 0.6 is 11.3 Å². The van der Waals surface area contributed by atoms with Gasteiger partial charge in [-0.1, -0.05) is 58.9 Å². The molecule has 4 aromatic rings. The lowest BCUT2D eigenvalue weighted by Gasteiger charge is -2.24. The van der Waals surface area contributed by atoms with Gasteiger partial charge >= 0.3 is 0 Å². The van der Waals surface area contributed by atoms with Gasteiger partial charge in [-0.05, 0) is 57.2 Å². The fourth-order valence-corrected chi connectivity index (χ4v) is 5.59. The molecule has 1 amide bonds. The van der Waals surface area contributed by atoms with E-state index in [1.54, 1.807) is 36.4 Å². The highest BCUT2D eigenvalue weighted by molar-refractivity contribution is 7.92. The van der Waals surface area contributed by atoms with Crippen molar-refractivity contribution in [1.82, 2.24) is 10.2 Å². The first kappa shape index (κ1) is 25.3. The van der Waals surface area contributed by atoms with Crippen LogP contribution in [0.2, 0.25) is 0 Å². The van der Waals surface area contributed by atoms with Crippen LogP contribution in [0.4, 0.5) is 10.8 Å². The summed E-state index contributed by atoms with van der Waals surface area (Å²) in [6.07, 6.45) is 0. The van der Waals surface area contributed by atoms with Crippen LogP contribution in [-0.4, -0.2) is 37.7 Å². The highest BCUT2D eigenvalue weighted by atomic mass is 32.2. The molecular formula is C26H26N4O4S2. The number of benzene rings is 3. The van der Waals surface area contributed by atoms with Gasteiger partial charge in [0.15, 0.2) is 0 Å². The van der Waals surface area contributed by atoms with E-state index in [0.717, 1.165) is 21.0 Å². The quantitative estimate of drug-likeness (QED) is 0.330. The van der Waals surface area contributed by atoms with E-state index in [0.29, 0.717) is 23.1 Å². The molecular weight excluding hydrogens is 496 g/mol. The number of nitrogens with one attached hydrogen (secondary N) is 1. The lowest BCUT2D eigenvalue weighted by Crippen LogP contribution is -2.38. The molecule has 0 unspecified atom stereocenters. The second-order valence-corrected chi connectivity index (χ2v) is 10.9. The predicted octanol–water partition coefficient (Wildman–Crippen LogP) is 5.05. The number of amides is 1. The zero-order valence-corrected chi connectivity index (χ0v) is 21.8. The molecule has 0 fully saturated rings. The second-order valence-electron chi connectivity index (χ2n) is 8.08. The van der Waals surface area contributed by atoms with Crippen LogP contribution in [0.1, 0.15) is 18.1 Å². The number of ether oxygens (including phenoxy) is 1. The van der Waals surface area contributed by atoms with Crippen molar-refractivity contribution < 1.29 is 17.9 Å². The molecule has 0 saturated heterocycles. The molecule has 36 heavy (non-hydrogen) atoms. The van der Waals surface area contributed by atoms with E-state index < -0.39 is 22.5 Å². The fraction of sp³-hybridized carbons (Fsp3) is 0.192. The van der Waals surface area contributed by atoms with Crippen LogP contribution in [0, 0.1) is 13.8 Å². The van der Waals surface area contributed by atoms with Crippen LogP contribution in [0.5, 0.6) is 5.75 Å². The molecule has 1 aromatic heterocycles. The number of hydrogen-bond donors (Lipinski definition) is 1. The van der Waals surface area contributed by atoms with E-state index in [9.17, 15) is 13.2 Å². The van der Waals surface area contributed by atoms with Crippen molar-refractivity contribution in [3.05, 3.63) is 83.9 Å². The maximum Gasteiger partial charge on any atom is 0.264 e. The van der Waals surface area contributed by atoms with Crippen LogP contribution in [0.3, 0.4) is 0 Å². The standard InChI is InChI=1S/C26H26N4O4S2/c1-4-34-22-13-15-23(16-14-22)36(32,33)30(21-11-7-19(3)8-12-21)17-24(31)27-26-29-28-25(35-26)20-9-5-18(2)6-10-20/h5-16H,4,17H2,1-3H3,(H,27,29,31). The van der Waals surface area contributed by atoms with Crippen LogP contribution < -0.4 is 14.4 Å². The molecule has 10 heteroatoms. The second kappa shape index (κ2) is 10.9. The third-order valence-electron chi connectivity index (χ3n) is 5.30. The Labute approximate surface area is 214 Å². The molecule has 0 aliphatic rings. The molecule has 8 nitrogen and oxygen atoms in total. The van der Waals surface area contributed by atoms with Crippen LogP contribution in [-0.2, 0) is 14.8 Å². The maximum absolute atomic E-state index is 13.6. The molecule has 0 saturated carbocycles. The minimum atomic E-state index is -4.04. The topological polar surface area (TPSA) is 101 Å². The van der Waals surface area contributed by atoms with Crippen molar-refractivity contribution in [2.75, 3.05) is 22.8 Å². The molecule has 1 heterocycles. The Morgan fingerprint density at radius 3 is 2.14 bits per heavy atom. The Bertz CT molecular complexity index is 1430. The van der Waals surface area contributed by atoms with Gasteiger partial charge in [0.2, 0.25) is 11.0 Å². The molecule has 0 aliphatic heterocycles. The monoisotopic (exact) mass is 522 g/mol. The number of carbonyl (C=O) groups excluding carboxylic acids is 1.